The fourth-order valence-corrected chi connectivity index (χ4v) is 5.21. The monoisotopic (exact) mass is 447 g/mol. The summed E-state index contributed by atoms with van der Waals surface area (Å²) in [5, 5.41) is 15.0. The molecule has 1 aromatic carbocycles. The van der Waals surface area contributed by atoms with Crippen LogP contribution in [-0.4, -0.2) is 23.9 Å². The van der Waals surface area contributed by atoms with Gasteiger partial charge in [-0.25, -0.2) is 0 Å². The number of hydrogen-bond acceptors (Lipinski definition) is 5. The molecule has 4 rings (SSSR count). The zero-order valence-electron chi connectivity index (χ0n) is 14.6. The van der Waals surface area contributed by atoms with Gasteiger partial charge in [0.05, 0.1) is 11.6 Å². The van der Waals surface area contributed by atoms with Crippen LogP contribution in [0.2, 0.25) is 0 Å². The molecule has 0 fully saturated rings. The second kappa shape index (κ2) is 7.13. The first-order chi connectivity index (χ1) is 13.0. The molecule has 0 saturated heterocycles. The Morgan fingerprint density at radius 1 is 1.26 bits per heavy atom. The van der Waals surface area contributed by atoms with Gasteiger partial charge in [0, 0.05) is 40.8 Å². The molecule has 5 nitrogen and oxygen atoms in total. The van der Waals surface area contributed by atoms with Gasteiger partial charge in [-0.2, -0.15) is 0 Å². The Kier molecular flexibility index (Phi) is 4.82. The van der Waals surface area contributed by atoms with E-state index in [0.717, 1.165) is 11.3 Å². The molecule has 2 heterocycles. The van der Waals surface area contributed by atoms with Crippen LogP contribution in [0.3, 0.4) is 0 Å². The number of Topliss-reactive ketones (excluding diaryl/α,β-unsaturated/α-hetero) is 1. The Morgan fingerprint density at radius 3 is 2.78 bits per heavy atom. The van der Waals surface area contributed by atoms with Gasteiger partial charge in [-0.15, -0.1) is 11.3 Å². The molecule has 2 N–H and O–H groups in total. The van der Waals surface area contributed by atoms with Crippen LogP contribution in [0.25, 0.3) is 0 Å². The van der Waals surface area contributed by atoms with E-state index in [0.29, 0.717) is 28.6 Å². The lowest BCUT2D eigenvalue weighted by Gasteiger charge is -2.34. The molecule has 0 spiro atoms. The van der Waals surface area contributed by atoms with Crippen molar-refractivity contribution >= 4 is 39.0 Å². The third kappa shape index (κ3) is 3.30. The van der Waals surface area contributed by atoms with E-state index in [4.69, 9.17) is 4.74 Å². The van der Waals surface area contributed by atoms with Crippen molar-refractivity contribution in [3.05, 3.63) is 55.8 Å². The predicted molar refractivity (Wildman–Crippen MR) is 106 cm³/mol. The van der Waals surface area contributed by atoms with Gasteiger partial charge in [0.25, 0.3) is 0 Å². The van der Waals surface area contributed by atoms with Crippen molar-refractivity contribution in [3.63, 3.8) is 0 Å². The Balaban J connectivity index is 1.76. The molecule has 0 radical (unpaired) electrons. The van der Waals surface area contributed by atoms with E-state index in [1.165, 1.54) is 12.0 Å². The number of ketones is 1. The van der Waals surface area contributed by atoms with Crippen LogP contribution >= 0.6 is 27.3 Å². The van der Waals surface area contributed by atoms with E-state index < -0.39 is 0 Å². The summed E-state index contributed by atoms with van der Waals surface area (Å²) in [4.78, 5) is 26.6. The number of ether oxygens (including phenoxy) is 1. The maximum Gasteiger partial charge on any atom is 0.225 e. The Morgan fingerprint density at radius 2 is 2.07 bits per heavy atom. The molecule has 140 valence electrons. The summed E-state index contributed by atoms with van der Waals surface area (Å²) in [5.41, 5.74) is 2.19. The first-order valence-electron chi connectivity index (χ1n) is 8.63. The van der Waals surface area contributed by atoms with E-state index in [-0.39, 0.29) is 35.7 Å². The second-order valence-corrected chi connectivity index (χ2v) is 8.63. The lowest BCUT2D eigenvalue weighted by Crippen LogP contribution is -2.38. The van der Waals surface area contributed by atoms with Gasteiger partial charge in [0.2, 0.25) is 5.91 Å². The maximum atomic E-state index is 13.0. The van der Waals surface area contributed by atoms with Gasteiger partial charge in [0.15, 0.2) is 17.3 Å². The Bertz CT molecular complexity index is 951. The van der Waals surface area contributed by atoms with Crippen molar-refractivity contribution in [1.82, 2.24) is 5.32 Å². The smallest absolute Gasteiger partial charge is 0.225 e. The number of hydrogen-bond donors (Lipinski definition) is 2. The van der Waals surface area contributed by atoms with E-state index in [1.807, 2.05) is 17.5 Å². The van der Waals surface area contributed by atoms with Crippen LogP contribution in [0, 0.1) is 0 Å². The first-order valence-corrected chi connectivity index (χ1v) is 10.3. The van der Waals surface area contributed by atoms with Gasteiger partial charge >= 0.3 is 0 Å². The fraction of sp³-hybridized carbons (Fsp3) is 0.300. The van der Waals surface area contributed by atoms with Crippen molar-refractivity contribution in [2.45, 2.75) is 31.1 Å². The average molecular weight is 448 g/mol. The molecular formula is C20H18BrNO4S. The summed E-state index contributed by atoms with van der Waals surface area (Å²) in [6.07, 6.45) is 1.30. The zero-order valence-corrected chi connectivity index (χ0v) is 17.0. The summed E-state index contributed by atoms with van der Waals surface area (Å²) in [6, 6.07) is 7.48. The summed E-state index contributed by atoms with van der Waals surface area (Å²) < 4.78 is 5.71. The fourth-order valence-electron chi connectivity index (χ4n) is 3.92. The topological polar surface area (TPSA) is 75.6 Å². The number of phenolic OH excluding ortho intramolecular Hbond substituents is 1. The molecule has 27 heavy (non-hydrogen) atoms. The van der Waals surface area contributed by atoms with Gasteiger partial charge in [0.1, 0.15) is 0 Å². The van der Waals surface area contributed by atoms with Crippen LogP contribution in [0.1, 0.15) is 41.5 Å². The molecule has 2 atom stereocenters. The number of thiophene rings is 1. The highest BCUT2D eigenvalue weighted by molar-refractivity contribution is 9.10. The largest absolute Gasteiger partial charge is 0.503 e. The number of methoxy groups -OCH3 is 1. The lowest BCUT2D eigenvalue weighted by atomic mass is 9.74. The Hall–Kier alpha value is -2.12. The van der Waals surface area contributed by atoms with Crippen molar-refractivity contribution in [2.24, 2.45) is 0 Å². The number of amides is 1. The van der Waals surface area contributed by atoms with Gasteiger partial charge < -0.3 is 15.2 Å². The molecule has 1 aliphatic carbocycles. The highest BCUT2D eigenvalue weighted by Crippen LogP contribution is 2.46. The number of aromatic hydroxyl groups is 1. The van der Waals surface area contributed by atoms with E-state index in [2.05, 4.69) is 21.2 Å². The highest BCUT2D eigenvalue weighted by Gasteiger charge is 2.38. The first kappa shape index (κ1) is 18.3. The van der Waals surface area contributed by atoms with Crippen LogP contribution in [0.4, 0.5) is 0 Å². The van der Waals surface area contributed by atoms with Crippen LogP contribution < -0.4 is 10.1 Å². The number of allylic oxidation sites excluding steroid dienone is 2. The van der Waals surface area contributed by atoms with E-state index in [9.17, 15) is 14.7 Å². The standard InChI is InChI=1S/C20H18BrNO4S/c1-26-16-8-10(5-13(21)20(16)25)12-9-18(24)22-14-6-11(7-15(23)19(12)14)17-3-2-4-27-17/h2-5,8,11-12,25H,6-7,9H2,1H3,(H,22,24). The third-order valence-corrected chi connectivity index (χ3v) is 6.79. The van der Waals surface area contributed by atoms with Crippen LogP contribution in [0.5, 0.6) is 11.5 Å². The third-order valence-electron chi connectivity index (χ3n) is 5.15. The summed E-state index contributed by atoms with van der Waals surface area (Å²) in [5.74, 6) is 0.0627. The summed E-state index contributed by atoms with van der Waals surface area (Å²) in [7, 11) is 1.47. The molecule has 0 bridgehead atoms. The molecule has 0 saturated carbocycles. The molecule has 7 heteroatoms. The molecule has 2 aliphatic rings. The normalized spacial score (nSPS) is 22.4. The molecule has 1 aliphatic heterocycles. The van der Waals surface area contributed by atoms with Gasteiger partial charge in [-0.05, 0) is 51.5 Å². The second-order valence-electron chi connectivity index (χ2n) is 6.79. The molecule has 2 aromatic rings. The minimum absolute atomic E-state index is 0.00319. The van der Waals surface area contributed by atoms with Gasteiger partial charge in [-0.1, -0.05) is 6.07 Å². The summed E-state index contributed by atoms with van der Waals surface area (Å²) in [6.45, 7) is 0. The number of phenols is 1. The molecular weight excluding hydrogens is 430 g/mol. The Labute approximate surface area is 169 Å². The number of carbonyl (C=O) groups is 2. The molecule has 1 aromatic heterocycles. The summed E-state index contributed by atoms with van der Waals surface area (Å²) >= 11 is 4.97. The number of carbonyl (C=O) groups excluding carboxylic acids is 2. The van der Waals surface area contributed by atoms with E-state index >= 15 is 0 Å². The van der Waals surface area contributed by atoms with Gasteiger partial charge in [-0.3, -0.25) is 9.59 Å². The number of rotatable bonds is 3. The van der Waals surface area contributed by atoms with Crippen LogP contribution in [0.15, 0.2) is 45.4 Å². The molecule has 2 unspecified atom stereocenters. The van der Waals surface area contributed by atoms with Crippen molar-refractivity contribution in [1.29, 1.82) is 0 Å². The SMILES string of the molecule is COc1cc(C2CC(=O)NC3=C2C(=O)CC(c2cccs2)C3)cc(Br)c1O. The van der Waals surface area contributed by atoms with Crippen molar-refractivity contribution < 1.29 is 19.4 Å². The quantitative estimate of drug-likeness (QED) is 0.737. The van der Waals surface area contributed by atoms with Crippen molar-refractivity contribution in [2.75, 3.05) is 7.11 Å². The average Bonchev–Trinajstić information content (AvgIpc) is 3.17. The predicted octanol–water partition coefficient (Wildman–Crippen LogP) is 4.23. The molecule has 1 amide bonds. The zero-order chi connectivity index (χ0) is 19.1. The number of benzene rings is 1. The van der Waals surface area contributed by atoms with E-state index in [1.54, 1.807) is 23.5 Å². The lowest BCUT2D eigenvalue weighted by molar-refractivity contribution is -0.122. The maximum absolute atomic E-state index is 13.0. The minimum atomic E-state index is -0.337. The highest BCUT2D eigenvalue weighted by atomic mass is 79.9. The van der Waals surface area contributed by atoms with Crippen LogP contribution in [-0.2, 0) is 9.59 Å². The van der Waals surface area contributed by atoms with Crippen molar-refractivity contribution in [3.8, 4) is 11.5 Å². The number of halogens is 1. The minimum Gasteiger partial charge on any atom is -0.503 e. The number of nitrogens with one attached hydrogen (secondary N) is 1.